The van der Waals surface area contributed by atoms with Gasteiger partial charge in [-0.25, -0.2) is 4.39 Å². The Hall–Kier alpha value is -2.23. The van der Waals surface area contributed by atoms with Gasteiger partial charge in [0.1, 0.15) is 5.82 Å². The SMILES string of the molecule is Cc1cc([N+](=O)[O-])ccc1-c1ccccc1F. The van der Waals surface area contributed by atoms with E-state index in [2.05, 4.69) is 0 Å². The number of hydrogen-bond donors (Lipinski definition) is 0. The van der Waals surface area contributed by atoms with Gasteiger partial charge >= 0.3 is 0 Å². The van der Waals surface area contributed by atoms with Crippen LogP contribution in [-0.4, -0.2) is 4.92 Å². The topological polar surface area (TPSA) is 43.1 Å². The van der Waals surface area contributed by atoms with Crippen LogP contribution in [0.5, 0.6) is 0 Å². The Bertz CT molecular complexity index is 581. The second-order valence-electron chi connectivity index (χ2n) is 3.74. The molecule has 0 radical (unpaired) electrons. The summed E-state index contributed by atoms with van der Waals surface area (Å²) in [4.78, 5) is 10.1. The minimum Gasteiger partial charge on any atom is -0.258 e. The zero-order chi connectivity index (χ0) is 12.4. The number of hydrogen-bond acceptors (Lipinski definition) is 2. The molecule has 0 saturated heterocycles. The first-order valence-corrected chi connectivity index (χ1v) is 5.09. The van der Waals surface area contributed by atoms with Crippen LogP contribution in [0.25, 0.3) is 11.1 Å². The van der Waals surface area contributed by atoms with Gasteiger partial charge in [-0.15, -0.1) is 0 Å². The highest BCUT2D eigenvalue weighted by atomic mass is 19.1. The molecule has 0 amide bonds. The molecule has 0 atom stereocenters. The molecule has 0 aromatic heterocycles. The monoisotopic (exact) mass is 231 g/mol. The van der Waals surface area contributed by atoms with E-state index in [1.165, 1.54) is 18.2 Å². The van der Waals surface area contributed by atoms with Gasteiger partial charge in [0, 0.05) is 17.7 Å². The van der Waals surface area contributed by atoms with Crippen molar-refractivity contribution in [3.8, 4) is 11.1 Å². The van der Waals surface area contributed by atoms with Crippen LogP contribution in [0.3, 0.4) is 0 Å². The lowest BCUT2D eigenvalue weighted by Gasteiger charge is -2.06. The van der Waals surface area contributed by atoms with Crippen LogP contribution in [0, 0.1) is 22.9 Å². The van der Waals surface area contributed by atoms with Gasteiger partial charge in [0.05, 0.1) is 4.92 Å². The van der Waals surface area contributed by atoms with Crippen molar-refractivity contribution in [1.29, 1.82) is 0 Å². The van der Waals surface area contributed by atoms with Crippen LogP contribution in [0.1, 0.15) is 5.56 Å². The van der Waals surface area contributed by atoms with Crippen LogP contribution < -0.4 is 0 Å². The molecule has 0 bridgehead atoms. The van der Waals surface area contributed by atoms with E-state index in [0.29, 0.717) is 16.7 Å². The first-order valence-electron chi connectivity index (χ1n) is 5.09. The highest BCUT2D eigenvalue weighted by Gasteiger charge is 2.11. The zero-order valence-corrected chi connectivity index (χ0v) is 9.18. The van der Waals surface area contributed by atoms with E-state index in [1.54, 1.807) is 31.2 Å². The smallest absolute Gasteiger partial charge is 0.258 e. The average Bonchev–Trinajstić information content (AvgIpc) is 2.30. The Labute approximate surface area is 97.7 Å². The summed E-state index contributed by atoms with van der Waals surface area (Å²) in [6.07, 6.45) is 0. The number of benzene rings is 2. The molecule has 17 heavy (non-hydrogen) atoms. The minimum absolute atomic E-state index is 0.0163. The number of halogens is 1. The summed E-state index contributed by atoms with van der Waals surface area (Å²) >= 11 is 0. The van der Waals surface area contributed by atoms with Crippen LogP contribution in [0.4, 0.5) is 10.1 Å². The quantitative estimate of drug-likeness (QED) is 0.584. The molecule has 2 rings (SSSR count). The van der Waals surface area contributed by atoms with E-state index < -0.39 is 4.92 Å². The molecule has 2 aromatic carbocycles. The largest absolute Gasteiger partial charge is 0.269 e. The Morgan fingerprint density at radius 2 is 1.82 bits per heavy atom. The summed E-state index contributed by atoms with van der Waals surface area (Å²) in [7, 11) is 0. The third kappa shape index (κ3) is 2.15. The second kappa shape index (κ2) is 4.33. The van der Waals surface area contributed by atoms with E-state index in [0.717, 1.165) is 0 Å². The zero-order valence-electron chi connectivity index (χ0n) is 9.18. The van der Waals surface area contributed by atoms with Crippen molar-refractivity contribution in [3.63, 3.8) is 0 Å². The molecule has 0 spiro atoms. The van der Waals surface area contributed by atoms with Crippen LogP contribution in [-0.2, 0) is 0 Å². The molecule has 4 heteroatoms. The molecule has 0 fully saturated rings. The van der Waals surface area contributed by atoms with E-state index in [4.69, 9.17) is 0 Å². The highest BCUT2D eigenvalue weighted by molar-refractivity contribution is 5.69. The van der Waals surface area contributed by atoms with E-state index >= 15 is 0 Å². The summed E-state index contributed by atoms with van der Waals surface area (Å²) in [6.45, 7) is 1.73. The number of nitro benzene ring substituents is 1. The van der Waals surface area contributed by atoms with Gasteiger partial charge in [0.25, 0.3) is 5.69 Å². The molecule has 0 aliphatic rings. The van der Waals surface area contributed by atoms with Gasteiger partial charge in [-0.2, -0.15) is 0 Å². The number of nitro groups is 1. The maximum absolute atomic E-state index is 13.6. The van der Waals surface area contributed by atoms with Crippen molar-refractivity contribution < 1.29 is 9.31 Å². The van der Waals surface area contributed by atoms with Crippen molar-refractivity contribution in [2.45, 2.75) is 6.92 Å². The molecule has 2 aromatic rings. The fourth-order valence-electron chi connectivity index (χ4n) is 1.74. The predicted octanol–water partition coefficient (Wildman–Crippen LogP) is 3.71. The van der Waals surface area contributed by atoms with Crippen molar-refractivity contribution >= 4 is 5.69 Å². The van der Waals surface area contributed by atoms with Crippen LogP contribution in [0.15, 0.2) is 42.5 Å². The first kappa shape index (κ1) is 11.3. The highest BCUT2D eigenvalue weighted by Crippen LogP contribution is 2.28. The van der Waals surface area contributed by atoms with Crippen molar-refractivity contribution in [3.05, 3.63) is 64.0 Å². The summed E-state index contributed by atoms with van der Waals surface area (Å²) < 4.78 is 13.6. The molecule has 0 saturated carbocycles. The molecular weight excluding hydrogens is 221 g/mol. The molecule has 0 N–H and O–H groups in total. The van der Waals surface area contributed by atoms with Gasteiger partial charge in [-0.1, -0.05) is 18.2 Å². The Kier molecular flexibility index (Phi) is 2.87. The summed E-state index contributed by atoms with van der Waals surface area (Å²) in [6, 6.07) is 10.8. The fourth-order valence-corrected chi connectivity index (χ4v) is 1.74. The van der Waals surface area contributed by atoms with Gasteiger partial charge < -0.3 is 0 Å². The third-order valence-electron chi connectivity index (χ3n) is 2.58. The van der Waals surface area contributed by atoms with Gasteiger partial charge in [-0.05, 0) is 30.2 Å². The molecule has 0 aliphatic carbocycles. The minimum atomic E-state index is -0.460. The van der Waals surface area contributed by atoms with Crippen molar-refractivity contribution in [1.82, 2.24) is 0 Å². The van der Waals surface area contributed by atoms with E-state index in [-0.39, 0.29) is 11.5 Å². The first-order chi connectivity index (χ1) is 8.09. The predicted molar refractivity (Wildman–Crippen MR) is 63.2 cm³/mol. The number of aryl methyl sites for hydroxylation is 1. The van der Waals surface area contributed by atoms with Crippen molar-refractivity contribution in [2.24, 2.45) is 0 Å². The normalized spacial score (nSPS) is 10.2. The Morgan fingerprint density at radius 1 is 1.12 bits per heavy atom. The lowest BCUT2D eigenvalue weighted by atomic mass is 10.00. The maximum Gasteiger partial charge on any atom is 0.269 e. The van der Waals surface area contributed by atoms with Gasteiger partial charge in [0.2, 0.25) is 0 Å². The maximum atomic E-state index is 13.6. The summed E-state index contributed by atoms with van der Waals surface area (Å²) in [5.41, 5.74) is 1.83. The average molecular weight is 231 g/mol. The third-order valence-corrected chi connectivity index (χ3v) is 2.58. The summed E-state index contributed by atoms with van der Waals surface area (Å²) in [5.74, 6) is -0.329. The Balaban J connectivity index is 2.55. The molecule has 0 aliphatic heterocycles. The number of rotatable bonds is 2. The standard InChI is InChI=1S/C13H10FNO2/c1-9-8-10(15(16)17)6-7-11(9)12-4-2-3-5-13(12)14/h2-8H,1H3. The van der Waals surface area contributed by atoms with Gasteiger partial charge in [-0.3, -0.25) is 10.1 Å². The summed E-state index contributed by atoms with van der Waals surface area (Å²) in [5, 5.41) is 10.6. The lowest BCUT2D eigenvalue weighted by Crippen LogP contribution is -1.91. The lowest BCUT2D eigenvalue weighted by molar-refractivity contribution is -0.384. The van der Waals surface area contributed by atoms with Crippen LogP contribution >= 0.6 is 0 Å². The molecule has 3 nitrogen and oxygen atoms in total. The van der Waals surface area contributed by atoms with Crippen molar-refractivity contribution in [2.75, 3.05) is 0 Å². The number of nitrogens with zero attached hydrogens (tertiary/aromatic N) is 1. The Morgan fingerprint density at radius 3 is 2.41 bits per heavy atom. The molecule has 0 heterocycles. The van der Waals surface area contributed by atoms with E-state index in [1.807, 2.05) is 0 Å². The van der Waals surface area contributed by atoms with Gasteiger partial charge in [0.15, 0.2) is 0 Å². The molecule has 86 valence electrons. The molecule has 0 unspecified atom stereocenters. The molecular formula is C13H10FNO2. The second-order valence-corrected chi connectivity index (χ2v) is 3.74. The fraction of sp³-hybridized carbons (Fsp3) is 0.0769. The number of non-ortho nitro benzene ring substituents is 1. The van der Waals surface area contributed by atoms with Crippen LogP contribution in [0.2, 0.25) is 0 Å². The van der Waals surface area contributed by atoms with E-state index in [9.17, 15) is 14.5 Å².